The molecule has 0 saturated heterocycles. The van der Waals surface area contributed by atoms with E-state index in [-0.39, 0.29) is 10.8 Å². The first-order valence-corrected chi connectivity index (χ1v) is 10.6. The molecule has 0 fully saturated rings. The summed E-state index contributed by atoms with van der Waals surface area (Å²) in [4.78, 5) is 12.8. The Morgan fingerprint density at radius 1 is 1.03 bits per heavy atom. The summed E-state index contributed by atoms with van der Waals surface area (Å²) in [6.07, 6.45) is 1.65. The lowest BCUT2D eigenvalue weighted by Gasteiger charge is -2.20. The fourth-order valence-electron chi connectivity index (χ4n) is 2.73. The molecule has 1 amide bonds. The number of sulfonamides is 1. The predicted octanol–water partition coefficient (Wildman–Crippen LogP) is 4.33. The van der Waals surface area contributed by atoms with Gasteiger partial charge in [-0.2, -0.15) is 0 Å². The van der Waals surface area contributed by atoms with Gasteiger partial charge in [0, 0.05) is 18.3 Å². The van der Waals surface area contributed by atoms with Crippen LogP contribution in [0.3, 0.4) is 0 Å². The van der Waals surface area contributed by atoms with Crippen molar-refractivity contribution in [1.82, 2.24) is 0 Å². The molecule has 7 heteroatoms. The first-order chi connectivity index (χ1) is 14.4. The number of carbonyl (C=O) groups is 1. The summed E-state index contributed by atoms with van der Waals surface area (Å²) in [7, 11) is -2.27. The Hall–Kier alpha value is -3.58. The molecule has 3 rings (SSSR count). The van der Waals surface area contributed by atoms with E-state index in [2.05, 4.69) is 11.9 Å². The first kappa shape index (κ1) is 21.1. The summed E-state index contributed by atoms with van der Waals surface area (Å²) in [6, 6.07) is 21.6. The molecule has 0 unspecified atom stereocenters. The Morgan fingerprint density at radius 2 is 1.73 bits per heavy atom. The van der Waals surface area contributed by atoms with Crippen molar-refractivity contribution in [2.45, 2.75) is 4.90 Å². The molecule has 3 aromatic rings. The van der Waals surface area contributed by atoms with Crippen molar-refractivity contribution in [3.63, 3.8) is 0 Å². The second kappa shape index (κ2) is 9.28. The number of nitrogens with zero attached hydrogens (tertiary/aromatic N) is 1. The third kappa shape index (κ3) is 4.87. The Morgan fingerprint density at radius 3 is 2.40 bits per heavy atom. The summed E-state index contributed by atoms with van der Waals surface area (Å²) in [6.45, 7) is 4.00. The van der Waals surface area contributed by atoms with Crippen LogP contribution in [0.25, 0.3) is 0 Å². The van der Waals surface area contributed by atoms with Gasteiger partial charge in [0.25, 0.3) is 15.9 Å². The highest BCUT2D eigenvalue weighted by Gasteiger charge is 2.21. The van der Waals surface area contributed by atoms with Crippen LogP contribution in [0, 0.1) is 0 Å². The van der Waals surface area contributed by atoms with Crippen LogP contribution in [-0.2, 0) is 10.0 Å². The summed E-state index contributed by atoms with van der Waals surface area (Å²) < 4.78 is 32.2. The number of carbonyl (C=O) groups excluding carboxylic acids is 1. The molecule has 3 aromatic carbocycles. The molecule has 6 nitrogen and oxygen atoms in total. The van der Waals surface area contributed by atoms with Gasteiger partial charge in [0.05, 0.1) is 10.6 Å². The lowest BCUT2D eigenvalue weighted by atomic mass is 10.2. The van der Waals surface area contributed by atoms with Gasteiger partial charge < -0.3 is 10.1 Å². The van der Waals surface area contributed by atoms with Gasteiger partial charge in [-0.3, -0.25) is 9.10 Å². The minimum absolute atomic E-state index is 0.182. The summed E-state index contributed by atoms with van der Waals surface area (Å²) in [5.74, 6) is 0.324. The van der Waals surface area contributed by atoms with Crippen LogP contribution in [-0.4, -0.2) is 28.0 Å². The largest absolute Gasteiger partial charge is 0.490 e. The smallest absolute Gasteiger partial charge is 0.264 e. The Labute approximate surface area is 176 Å². The molecule has 0 atom stereocenters. The fraction of sp³-hybridized carbons (Fsp3) is 0.0870. The highest BCUT2D eigenvalue weighted by atomic mass is 32.2. The number of benzene rings is 3. The van der Waals surface area contributed by atoms with E-state index < -0.39 is 10.0 Å². The zero-order chi connectivity index (χ0) is 21.6. The highest BCUT2D eigenvalue weighted by Crippen LogP contribution is 2.23. The maximum Gasteiger partial charge on any atom is 0.264 e. The quantitative estimate of drug-likeness (QED) is 0.548. The van der Waals surface area contributed by atoms with Gasteiger partial charge in [-0.05, 0) is 54.6 Å². The number of ether oxygens (including phenoxy) is 1. The van der Waals surface area contributed by atoms with E-state index in [0.29, 0.717) is 29.3 Å². The molecule has 0 spiro atoms. The Balaban J connectivity index is 1.76. The van der Waals surface area contributed by atoms with Crippen LogP contribution >= 0.6 is 0 Å². The Bertz CT molecular complexity index is 1130. The molecule has 0 aromatic heterocycles. The number of amides is 1. The zero-order valence-corrected chi connectivity index (χ0v) is 17.3. The van der Waals surface area contributed by atoms with E-state index in [1.165, 1.54) is 25.2 Å². The van der Waals surface area contributed by atoms with E-state index in [9.17, 15) is 13.2 Å². The molecule has 0 saturated carbocycles. The van der Waals surface area contributed by atoms with Gasteiger partial charge in [-0.15, -0.1) is 0 Å². The second-order valence-electron chi connectivity index (χ2n) is 6.41. The van der Waals surface area contributed by atoms with Crippen LogP contribution in [0.4, 0.5) is 11.4 Å². The van der Waals surface area contributed by atoms with E-state index in [0.717, 1.165) is 4.31 Å². The average molecular weight is 423 g/mol. The molecular weight excluding hydrogens is 400 g/mol. The number of nitrogens with one attached hydrogen (secondary N) is 1. The molecular formula is C23H22N2O4S. The minimum Gasteiger partial charge on any atom is -0.490 e. The average Bonchev–Trinajstić information content (AvgIpc) is 2.78. The van der Waals surface area contributed by atoms with Crippen LogP contribution in [0.1, 0.15) is 10.4 Å². The molecule has 0 aliphatic heterocycles. The molecule has 30 heavy (non-hydrogen) atoms. The van der Waals surface area contributed by atoms with Crippen molar-refractivity contribution < 1.29 is 17.9 Å². The maximum absolute atomic E-state index is 12.8. The zero-order valence-electron chi connectivity index (χ0n) is 16.5. The number of hydrogen-bond acceptors (Lipinski definition) is 4. The van der Waals surface area contributed by atoms with E-state index in [1.54, 1.807) is 66.7 Å². The summed E-state index contributed by atoms with van der Waals surface area (Å²) >= 11 is 0. The van der Waals surface area contributed by atoms with Gasteiger partial charge >= 0.3 is 0 Å². The summed E-state index contributed by atoms with van der Waals surface area (Å²) in [5, 5.41) is 2.80. The highest BCUT2D eigenvalue weighted by molar-refractivity contribution is 7.92. The molecule has 0 radical (unpaired) electrons. The Kier molecular flexibility index (Phi) is 6.54. The van der Waals surface area contributed by atoms with Gasteiger partial charge in [0.15, 0.2) is 0 Å². The molecule has 0 aliphatic carbocycles. The topological polar surface area (TPSA) is 75.7 Å². The van der Waals surface area contributed by atoms with E-state index >= 15 is 0 Å². The SMILES string of the molecule is C=CCOc1ccc(NC(=O)c2cccc(N(C)S(=O)(=O)c3ccccc3)c2)cc1. The predicted molar refractivity (Wildman–Crippen MR) is 119 cm³/mol. The van der Waals surface area contributed by atoms with Gasteiger partial charge in [-0.1, -0.05) is 36.9 Å². The van der Waals surface area contributed by atoms with E-state index in [1.807, 2.05) is 0 Å². The van der Waals surface area contributed by atoms with Crippen molar-refractivity contribution >= 4 is 27.3 Å². The molecule has 0 aliphatic rings. The van der Waals surface area contributed by atoms with Crippen molar-refractivity contribution in [2.75, 3.05) is 23.3 Å². The number of anilines is 2. The van der Waals surface area contributed by atoms with Gasteiger partial charge in [0.2, 0.25) is 0 Å². The molecule has 1 N–H and O–H groups in total. The van der Waals surface area contributed by atoms with Crippen molar-refractivity contribution in [1.29, 1.82) is 0 Å². The normalized spacial score (nSPS) is 10.8. The molecule has 0 heterocycles. The molecule has 0 bridgehead atoms. The van der Waals surface area contributed by atoms with Crippen LogP contribution in [0.5, 0.6) is 5.75 Å². The third-order valence-electron chi connectivity index (χ3n) is 4.35. The fourth-order valence-corrected chi connectivity index (χ4v) is 3.93. The van der Waals surface area contributed by atoms with Gasteiger partial charge in [-0.25, -0.2) is 8.42 Å². The van der Waals surface area contributed by atoms with Crippen molar-refractivity contribution in [3.8, 4) is 5.75 Å². The van der Waals surface area contributed by atoms with Crippen LogP contribution in [0.2, 0.25) is 0 Å². The second-order valence-corrected chi connectivity index (χ2v) is 8.38. The monoisotopic (exact) mass is 422 g/mol. The number of hydrogen-bond donors (Lipinski definition) is 1. The van der Waals surface area contributed by atoms with Gasteiger partial charge in [0.1, 0.15) is 12.4 Å². The third-order valence-corrected chi connectivity index (χ3v) is 6.15. The lowest BCUT2D eigenvalue weighted by molar-refractivity contribution is 0.102. The van der Waals surface area contributed by atoms with Crippen molar-refractivity contribution in [2.24, 2.45) is 0 Å². The standard InChI is InChI=1S/C23H22N2O4S/c1-3-16-29-21-14-12-19(13-15-21)24-23(26)18-8-7-9-20(17-18)25(2)30(27,28)22-10-5-4-6-11-22/h3-15,17H,1,16H2,2H3,(H,24,26). The summed E-state index contributed by atoms with van der Waals surface area (Å²) in [5.41, 5.74) is 1.33. The molecule has 154 valence electrons. The van der Waals surface area contributed by atoms with Crippen LogP contribution < -0.4 is 14.4 Å². The number of rotatable bonds is 8. The van der Waals surface area contributed by atoms with Crippen molar-refractivity contribution in [3.05, 3.63) is 97.1 Å². The minimum atomic E-state index is -3.73. The van der Waals surface area contributed by atoms with E-state index in [4.69, 9.17) is 4.74 Å². The van der Waals surface area contributed by atoms with Crippen LogP contribution in [0.15, 0.2) is 96.4 Å². The maximum atomic E-state index is 12.8. The lowest BCUT2D eigenvalue weighted by Crippen LogP contribution is -2.26. The first-order valence-electron chi connectivity index (χ1n) is 9.21.